The second-order valence-electron chi connectivity index (χ2n) is 7.44. The highest BCUT2D eigenvalue weighted by molar-refractivity contribution is 8.01. The molecule has 0 radical (unpaired) electrons. The van der Waals surface area contributed by atoms with E-state index in [4.69, 9.17) is 11.6 Å². The first-order chi connectivity index (χ1) is 13.8. The fraction of sp³-hybridized carbons (Fsp3) is 0.421. The summed E-state index contributed by atoms with van der Waals surface area (Å²) in [6.07, 6.45) is -4.54. The van der Waals surface area contributed by atoms with Crippen LogP contribution in [0.25, 0.3) is 10.2 Å². The average Bonchev–Trinajstić information content (AvgIpc) is 3.02. The van der Waals surface area contributed by atoms with Crippen LogP contribution in [0.2, 0.25) is 5.28 Å². The quantitative estimate of drug-likeness (QED) is 0.381. The molecule has 0 N–H and O–H groups in total. The summed E-state index contributed by atoms with van der Waals surface area (Å²) in [6.45, 7) is 2.83. The van der Waals surface area contributed by atoms with Crippen LogP contribution in [0.15, 0.2) is 28.6 Å². The van der Waals surface area contributed by atoms with E-state index in [1.165, 1.54) is 11.6 Å². The number of piperidine rings is 1. The lowest BCUT2D eigenvalue weighted by Gasteiger charge is -2.24. The Morgan fingerprint density at radius 3 is 2.59 bits per heavy atom. The van der Waals surface area contributed by atoms with Crippen molar-refractivity contribution in [3.05, 3.63) is 40.8 Å². The number of fused-ring (bicyclic) bond motifs is 2. The van der Waals surface area contributed by atoms with Gasteiger partial charge in [0.25, 0.3) is 0 Å². The molecule has 152 valence electrons. The van der Waals surface area contributed by atoms with Gasteiger partial charge in [-0.3, -0.25) is 0 Å². The minimum Gasteiger partial charge on any atom is -0.356 e. The number of alkyl halides is 3. The van der Waals surface area contributed by atoms with Gasteiger partial charge in [0, 0.05) is 24.4 Å². The highest BCUT2D eigenvalue weighted by Gasteiger charge is 2.56. The maximum atomic E-state index is 13.2. The molecular formula is C19H16ClF3N4S2. The van der Waals surface area contributed by atoms with Gasteiger partial charge in [-0.25, -0.2) is 15.0 Å². The number of thioether (sulfide) groups is 1. The molecule has 2 aliphatic rings. The lowest BCUT2D eigenvalue weighted by molar-refractivity contribution is -0.141. The van der Waals surface area contributed by atoms with Gasteiger partial charge in [0.2, 0.25) is 5.28 Å². The molecule has 29 heavy (non-hydrogen) atoms. The molecular weight excluding hydrogens is 441 g/mol. The van der Waals surface area contributed by atoms with Crippen molar-refractivity contribution < 1.29 is 13.2 Å². The van der Waals surface area contributed by atoms with Gasteiger partial charge in [-0.15, -0.1) is 11.3 Å². The number of hydrogen-bond donors (Lipinski definition) is 0. The first kappa shape index (κ1) is 19.4. The number of anilines is 1. The number of halogens is 4. The van der Waals surface area contributed by atoms with Gasteiger partial charge in [0.15, 0.2) is 10.0 Å². The Bertz CT molecular complexity index is 1040. The van der Waals surface area contributed by atoms with Gasteiger partial charge in [0.1, 0.15) is 5.82 Å². The van der Waals surface area contributed by atoms with E-state index >= 15 is 0 Å². The largest absolute Gasteiger partial charge is 0.433 e. The summed E-state index contributed by atoms with van der Waals surface area (Å²) in [5.74, 6) is 2.84. The lowest BCUT2D eigenvalue weighted by Crippen LogP contribution is -2.27. The molecule has 2 atom stereocenters. The number of thiazole rings is 1. The highest BCUT2D eigenvalue weighted by atomic mass is 35.5. The number of nitrogens with zero attached hydrogens (tertiary/aromatic N) is 4. The highest BCUT2D eigenvalue weighted by Crippen LogP contribution is 2.55. The lowest BCUT2D eigenvalue weighted by atomic mass is 10.2. The SMILES string of the molecule is Cc1c(N2CC3C(CSc4nc5ccccc5s4)C3C2)nc(Cl)nc1C(F)(F)F. The Morgan fingerprint density at radius 1 is 1.17 bits per heavy atom. The summed E-state index contributed by atoms with van der Waals surface area (Å²) in [5.41, 5.74) is 0.123. The molecule has 3 aromatic rings. The molecule has 5 rings (SSSR count). The average molecular weight is 457 g/mol. The normalized spacial score (nSPS) is 23.6. The fourth-order valence-electron chi connectivity index (χ4n) is 4.21. The topological polar surface area (TPSA) is 41.9 Å². The Labute approximate surface area is 178 Å². The van der Waals surface area contributed by atoms with E-state index in [1.54, 1.807) is 23.1 Å². The number of aromatic nitrogens is 3. The van der Waals surface area contributed by atoms with E-state index < -0.39 is 11.9 Å². The van der Waals surface area contributed by atoms with E-state index in [2.05, 4.69) is 21.0 Å². The van der Waals surface area contributed by atoms with Crippen LogP contribution in [0.5, 0.6) is 0 Å². The van der Waals surface area contributed by atoms with Crippen molar-refractivity contribution in [1.29, 1.82) is 0 Å². The number of hydrogen-bond acceptors (Lipinski definition) is 6. The van der Waals surface area contributed by atoms with Gasteiger partial charge in [-0.1, -0.05) is 23.9 Å². The molecule has 1 aliphatic carbocycles. The van der Waals surface area contributed by atoms with Crippen LogP contribution in [-0.4, -0.2) is 33.8 Å². The van der Waals surface area contributed by atoms with Crippen LogP contribution in [0.4, 0.5) is 19.0 Å². The van der Waals surface area contributed by atoms with E-state index in [0.717, 1.165) is 15.6 Å². The molecule has 4 nitrogen and oxygen atoms in total. The van der Waals surface area contributed by atoms with E-state index in [0.29, 0.717) is 36.7 Å². The Balaban J connectivity index is 1.24. The van der Waals surface area contributed by atoms with Crippen molar-refractivity contribution in [3.8, 4) is 0 Å². The van der Waals surface area contributed by atoms with E-state index in [1.807, 2.05) is 23.1 Å². The molecule has 2 fully saturated rings. The van der Waals surface area contributed by atoms with Crippen LogP contribution < -0.4 is 4.90 Å². The van der Waals surface area contributed by atoms with Crippen molar-refractivity contribution >= 4 is 50.7 Å². The van der Waals surface area contributed by atoms with Crippen molar-refractivity contribution in [2.75, 3.05) is 23.7 Å². The molecule has 3 heterocycles. The molecule has 0 spiro atoms. The summed E-state index contributed by atoms with van der Waals surface area (Å²) in [4.78, 5) is 14.1. The molecule has 1 aromatic carbocycles. The van der Waals surface area contributed by atoms with Crippen LogP contribution in [-0.2, 0) is 6.18 Å². The number of rotatable bonds is 4. The number of benzene rings is 1. The molecule has 10 heteroatoms. The maximum absolute atomic E-state index is 13.2. The minimum absolute atomic E-state index is 0.0450. The summed E-state index contributed by atoms with van der Waals surface area (Å²) < 4.78 is 41.9. The Hall–Kier alpha value is -1.58. The van der Waals surface area contributed by atoms with Crippen LogP contribution in [0.3, 0.4) is 0 Å². The molecule has 0 amide bonds. The molecule has 1 saturated carbocycles. The second-order valence-corrected chi connectivity index (χ2v) is 10.1. The van der Waals surface area contributed by atoms with E-state index in [-0.39, 0.29) is 10.8 Å². The van der Waals surface area contributed by atoms with Gasteiger partial charge in [0.05, 0.1) is 10.2 Å². The van der Waals surface area contributed by atoms with Gasteiger partial charge < -0.3 is 4.90 Å². The summed E-state index contributed by atoms with van der Waals surface area (Å²) >= 11 is 9.25. The fourth-order valence-corrected chi connectivity index (χ4v) is 6.78. The number of para-hydroxylation sites is 1. The zero-order chi connectivity index (χ0) is 20.3. The predicted molar refractivity (Wildman–Crippen MR) is 110 cm³/mol. The smallest absolute Gasteiger partial charge is 0.356 e. The van der Waals surface area contributed by atoms with Gasteiger partial charge in [-0.05, 0) is 48.4 Å². The third-order valence-corrected chi connectivity index (χ3v) is 8.20. The van der Waals surface area contributed by atoms with Crippen molar-refractivity contribution in [2.45, 2.75) is 17.4 Å². The molecule has 2 aromatic heterocycles. The maximum Gasteiger partial charge on any atom is 0.433 e. The summed E-state index contributed by atoms with van der Waals surface area (Å²) in [5, 5.41) is -0.360. The monoisotopic (exact) mass is 456 g/mol. The zero-order valence-corrected chi connectivity index (χ0v) is 17.7. The molecule has 1 aliphatic heterocycles. The first-order valence-corrected chi connectivity index (χ1v) is 11.3. The molecule has 2 unspecified atom stereocenters. The predicted octanol–water partition coefficient (Wildman–Crippen LogP) is 5.54. The van der Waals surface area contributed by atoms with Crippen LogP contribution in [0, 0.1) is 24.7 Å². The van der Waals surface area contributed by atoms with Crippen LogP contribution in [0.1, 0.15) is 11.3 Å². The third-order valence-electron chi connectivity index (χ3n) is 5.71. The minimum atomic E-state index is -4.54. The Kier molecular flexibility index (Phi) is 4.67. The molecule has 0 bridgehead atoms. The van der Waals surface area contributed by atoms with Gasteiger partial charge >= 0.3 is 6.18 Å². The van der Waals surface area contributed by atoms with Crippen LogP contribution >= 0.6 is 34.7 Å². The molecule has 1 saturated heterocycles. The Morgan fingerprint density at radius 2 is 1.90 bits per heavy atom. The summed E-state index contributed by atoms with van der Waals surface area (Å²) in [7, 11) is 0. The van der Waals surface area contributed by atoms with Crippen molar-refractivity contribution in [2.24, 2.45) is 17.8 Å². The van der Waals surface area contributed by atoms with Crippen molar-refractivity contribution in [1.82, 2.24) is 15.0 Å². The standard InChI is InChI=1S/C19H16ClF3N4S2/c1-9-15(19(21,22)23)25-17(20)26-16(9)27-6-10-11(7-27)12(10)8-28-18-24-13-4-2-3-5-14(13)29-18/h2-5,10-12H,6-8H2,1H3. The van der Waals surface area contributed by atoms with E-state index in [9.17, 15) is 13.2 Å². The van der Waals surface area contributed by atoms with Gasteiger partial charge in [-0.2, -0.15) is 13.2 Å². The first-order valence-electron chi connectivity index (χ1n) is 9.16. The summed E-state index contributed by atoms with van der Waals surface area (Å²) in [6, 6.07) is 8.09. The third kappa shape index (κ3) is 3.57. The zero-order valence-electron chi connectivity index (χ0n) is 15.3. The van der Waals surface area contributed by atoms with Crippen molar-refractivity contribution in [3.63, 3.8) is 0 Å². The second kappa shape index (κ2) is 6.99.